The number of carbonyl (C=O) groups is 1. The van der Waals surface area contributed by atoms with Crippen LogP contribution in [0.2, 0.25) is 0 Å². The average Bonchev–Trinajstić information content (AvgIpc) is 2.15. The first-order chi connectivity index (χ1) is 7.90. The number of nitro groups is 1. The Hall–Kier alpha value is -2.25. The molecule has 0 saturated heterocycles. The van der Waals surface area contributed by atoms with E-state index in [1.165, 1.54) is 0 Å². The Bertz CT molecular complexity index is 451. The average molecular weight is 246 g/mol. The summed E-state index contributed by atoms with van der Waals surface area (Å²) in [5, 5.41) is 12.8. The fourth-order valence-electron chi connectivity index (χ4n) is 1.14. The molecule has 0 saturated carbocycles. The van der Waals surface area contributed by atoms with E-state index in [1.807, 2.05) is 0 Å². The van der Waals surface area contributed by atoms with Crippen molar-refractivity contribution in [2.24, 2.45) is 0 Å². The number of nitrogens with zero attached hydrogens (tertiary/aromatic N) is 1. The highest BCUT2D eigenvalue weighted by molar-refractivity contribution is 5.91. The predicted octanol–water partition coefficient (Wildman–Crippen LogP) is 2.15. The highest BCUT2D eigenvalue weighted by Gasteiger charge is 2.16. The van der Waals surface area contributed by atoms with Crippen LogP contribution in [0.25, 0.3) is 0 Å². The van der Waals surface area contributed by atoms with E-state index in [1.54, 1.807) is 0 Å². The standard InChI is InChI=1S/C9H8F2N2O4/c1-5(14)12-7-4-6(17-9(10)11)2-3-8(7)13(15)16/h2-4,9H,1H3,(H,12,14). The van der Waals surface area contributed by atoms with Crippen LogP contribution >= 0.6 is 0 Å². The highest BCUT2D eigenvalue weighted by atomic mass is 19.3. The molecule has 1 aromatic carbocycles. The molecule has 1 N–H and O–H groups in total. The largest absolute Gasteiger partial charge is 0.435 e. The van der Waals surface area contributed by atoms with Crippen LogP contribution in [0.4, 0.5) is 20.2 Å². The summed E-state index contributed by atoms with van der Waals surface area (Å²) in [7, 11) is 0. The van der Waals surface area contributed by atoms with Crippen molar-refractivity contribution in [2.75, 3.05) is 5.32 Å². The minimum absolute atomic E-state index is 0.194. The van der Waals surface area contributed by atoms with Gasteiger partial charge in [0.1, 0.15) is 11.4 Å². The second-order valence-corrected chi connectivity index (χ2v) is 3.00. The molecule has 6 nitrogen and oxygen atoms in total. The topological polar surface area (TPSA) is 81.5 Å². The van der Waals surface area contributed by atoms with Gasteiger partial charge in [-0.05, 0) is 6.07 Å². The zero-order valence-corrected chi connectivity index (χ0v) is 8.65. The maximum atomic E-state index is 11.9. The summed E-state index contributed by atoms with van der Waals surface area (Å²) >= 11 is 0. The van der Waals surface area contributed by atoms with Gasteiger partial charge in [-0.1, -0.05) is 0 Å². The Morgan fingerprint density at radius 2 is 2.18 bits per heavy atom. The van der Waals surface area contributed by atoms with E-state index in [0.717, 1.165) is 25.1 Å². The van der Waals surface area contributed by atoms with E-state index in [9.17, 15) is 23.7 Å². The van der Waals surface area contributed by atoms with E-state index in [0.29, 0.717) is 0 Å². The van der Waals surface area contributed by atoms with Gasteiger partial charge < -0.3 is 10.1 Å². The molecular formula is C9H8F2N2O4. The van der Waals surface area contributed by atoms with Crippen molar-refractivity contribution in [1.29, 1.82) is 0 Å². The third-order valence-electron chi connectivity index (χ3n) is 1.70. The number of anilines is 1. The predicted molar refractivity (Wildman–Crippen MR) is 54.0 cm³/mol. The van der Waals surface area contributed by atoms with Gasteiger partial charge in [0.2, 0.25) is 5.91 Å². The minimum Gasteiger partial charge on any atom is -0.435 e. The molecule has 0 fully saturated rings. The van der Waals surface area contributed by atoms with Crippen LogP contribution in [0.1, 0.15) is 6.92 Å². The van der Waals surface area contributed by atoms with E-state index >= 15 is 0 Å². The molecular weight excluding hydrogens is 238 g/mol. The number of rotatable bonds is 4. The number of hydrogen-bond acceptors (Lipinski definition) is 4. The second kappa shape index (κ2) is 5.19. The fourth-order valence-corrected chi connectivity index (χ4v) is 1.14. The Labute approximate surface area is 94.3 Å². The lowest BCUT2D eigenvalue weighted by Crippen LogP contribution is -2.09. The summed E-state index contributed by atoms with van der Waals surface area (Å²) in [6.45, 7) is -1.90. The lowest BCUT2D eigenvalue weighted by atomic mass is 10.2. The maximum Gasteiger partial charge on any atom is 0.387 e. The first kappa shape index (κ1) is 12.8. The molecule has 0 bridgehead atoms. The molecule has 0 radical (unpaired) electrons. The van der Waals surface area contributed by atoms with Crippen LogP contribution in [0, 0.1) is 10.1 Å². The van der Waals surface area contributed by atoms with Crippen molar-refractivity contribution in [3.8, 4) is 5.75 Å². The van der Waals surface area contributed by atoms with Crippen molar-refractivity contribution in [1.82, 2.24) is 0 Å². The van der Waals surface area contributed by atoms with Crippen molar-refractivity contribution in [3.05, 3.63) is 28.3 Å². The quantitative estimate of drug-likeness (QED) is 0.651. The second-order valence-electron chi connectivity index (χ2n) is 3.00. The van der Waals surface area contributed by atoms with Gasteiger partial charge in [0.25, 0.3) is 5.69 Å². The molecule has 0 aliphatic carbocycles. The van der Waals surface area contributed by atoms with Crippen LogP contribution in [-0.4, -0.2) is 17.4 Å². The fraction of sp³-hybridized carbons (Fsp3) is 0.222. The Balaban J connectivity index is 3.09. The minimum atomic E-state index is -3.04. The van der Waals surface area contributed by atoms with Crippen LogP contribution in [0.15, 0.2) is 18.2 Å². The van der Waals surface area contributed by atoms with Crippen LogP contribution in [0.3, 0.4) is 0 Å². The highest BCUT2D eigenvalue weighted by Crippen LogP contribution is 2.29. The zero-order chi connectivity index (χ0) is 13.0. The summed E-state index contributed by atoms with van der Waals surface area (Å²) in [5.74, 6) is -0.823. The van der Waals surface area contributed by atoms with E-state index in [4.69, 9.17) is 0 Å². The Kier molecular flexibility index (Phi) is 3.91. The van der Waals surface area contributed by atoms with Crippen molar-refractivity contribution >= 4 is 17.3 Å². The number of nitrogens with one attached hydrogen (secondary N) is 1. The summed E-state index contributed by atoms with van der Waals surface area (Å²) in [6.07, 6.45) is 0. The van der Waals surface area contributed by atoms with Gasteiger partial charge in [-0.2, -0.15) is 8.78 Å². The van der Waals surface area contributed by atoms with Crippen molar-refractivity contribution in [2.45, 2.75) is 13.5 Å². The summed E-state index contributed by atoms with van der Waals surface area (Å²) in [4.78, 5) is 20.7. The summed E-state index contributed by atoms with van der Waals surface area (Å²) in [5.41, 5.74) is -0.595. The molecule has 0 aromatic heterocycles. The van der Waals surface area contributed by atoms with Gasteiger partial charge in [-0.25, -0.2) is 0 Å². The molecule has 0 spiro atoms. The van der Waals surface area contributed by atoms with E-state index < -0.39 is 23.1 Å². The van der Waals surface area contributed by atoms with Crippen LogP contribution in [0.5, 0.6) is 5.75 Å². The monoisotopic (exact) mass is 246 g/mol. The molecule has 17 heavy (non-hydrogen) atoms. The number of amides is 1. The number of nitro benzene ring substituents is 1. The number of carbonyl (C=O) groups excluding carboxylic acids is 1. The van der Waals surface area contributed by atoms with Gasteiger partial charge in [0.15, 0.2) is 0 Å². The van der Waals surface area contributed by atoms with Crippen LogP contribution in [-0.2, 0) is 4.79 Å². The first-order valence-corrected chi connectivity index (χ1v) is 4.41. The SMILES string of the molecule is CC(=O)Nc1cc(OC(F)F)ccc1[N+](=O)[O-]. The number of alkyl halides is 2. The van der Waals surface area contributed by atoms with E-state index in [-0.39, 0.29) is 11.4 Å². The van der Waals surface area contributed by atoms with Gasteiger partial charge >= 0.3 is 6.61 Å². The molecule has 1 aromatic rings. The molecule has 0 aliphatic heterocycles. The first-order valence-electron chi connectivity index (χ1n) is 4.41. The Morgan fingerprint density at radius 1 is 1.53 bits per heavy atom. The molecule has 0 unspecified atom stereocenters. The smallest absolute Gasteiger partial charge is 0.387 e. The third-order valence-corrected chi connectivity index (χ3v) is 1.70. The summed E-state index contributed by atoms with van der Waals surface area (Å²) in [6, 6.07) is 2.96. The lowest BCUT2D eigenvalue weighted by molar-refractivity contribution is -0.384. The van der Waals surface area contributed by atoms with Crippen LogP contribution < -0.4 is 10.1 Å². The molecule has 1 amide bonds. The molecule has 0 atom stereocenters. The van der Waals surface area contributed by atoms with Gasteiger partial charge in [-0.3, -0.25) is 14.9 Å². The normalized spacial score (nSPS) is 10.1. The lowest BCUT2D eigenvalue weighted by Gasteiger charge is -2.07. The van der Waals surface area contributed by atoms with Crippen molar-refractivity contribution in [3.63, 3.8) is 0 Å². The number of halogens is 2. The molecule has 0 heterocycles. The molecule has 0 aliphatic rings. The van der Waals surface area contributed by atoms with Crippen molar-refractivity contribution < 1.29 is 23.2 Å². The molecule has 8 heteroatoms. The van der Waals surface area contributed by atoms with E-state index in [2.05, 4.69) is 10.1 Å². The molecule has 92 valence electrons. The molecule has 1 rings (SSSR count). The number of hydrogen-bond donors (Lipinski definition) is 1. The van der Waals surface area contributed by atoms with Gasteiger partial charge in [-0.15, -0.1) is 0 Å². The Morgan fingerprint density at radius 3 is 2.65 bits per heavy atom. The zero-order valence-electron chi connectivity index (χ0n) is 8.65. The van der Waals surface area contributed by atoms with Gasteiger partial charge in [0.05, 0.1) is 4.92 Å². The third kappa shape index (κ3) is 3.67. The van der Waals surface area contributed by atoms with Gasteiger partial charge in [0, 0.05) is 19.1 Å². The maximum absolute atomic E-state index is 11.9. The number of benzene rings is 1. The number of ether oxygens (including phenoxy) is 1. The summed E-state index contributed by atoms with van der Waals surface area (Å²) < 4.78 is 27.9.